The van der Waals surface area contributed by atoms with Gasteiger partial charge in [0.2, 0.25) is 5.91 Å². The average molecular weight is 295 g/mol. The molecule has 1 unspecified atom stereocenters. The highest BCUT2D eigenvalue weighted by Gasteiger charge is 2.32. The molecule has 1 fully saturated rings. The summed E-state index contributed by atoms with van der Waals surface area (Å²) in [4.78, 5) is 34.9. The van der Waals surface area contributed by atoms with Crippen LogP contribution >= 0.6 is 0 Å². The van der Waals surface area contributed by atoms with Crippen LogP contribution in [0.15, 0.2) is 5.10 Å². The lowest BCUT2D eigenvalue weighted by Gasteiger charge is -2.28. The Kier molecular flexibility index (Phi) is 4.93. The van der Waals surface area contributed by atoms with Crippen molar-refractivity contribution < 1.29 is 19.5 Å². The van der Waals surface area contributed by atoms with Crippen molar-refractivity contribution in [2.24, 2.45) is 11.0 Å². The van der Waals surface area contributed by atoms with E-state index >= 15 is 0 Å². The maximum Gasteiger partial charge on any atom is 0.326 e. The molecule has 2 rings (SSSR count). The van der Waals surface area contributed by atoms with E-state index in [-0.39, 0.29) is 30.4 Å². The number of amides is 2. The maximum absolute atomic E-state index is 12.2. The van der Waals surface area contributed by atoms with Crippen LogP contribution in [0, 0.1) is 5.92 Å². The summed E-state index contributed by atoms with van der Waals surface area (Å²) in [6.45, 7) is 0. The van der Waals surface area contributed by atoms with Crippen LogP contribution in [0.3, 0.4) is 0 Å². The normalized spacial score (nSPS) is 21.7. The quantitative estimate of drug-likeness (QED) is 0.799. The van der Waals surface area contributed by atoms with E-state index in [0.29, 0.717) is 0 Å². The van der Waals surface area contributed by atoms with Crippen LogP contribution in [-0.4, -0.2) is 46.7 Å². The molecule has 0 radical (unpaired) electrons. The third-order valence-corrected chi connectivity index (χ3v) is 4.14. The van der Waals surface area contributed by atoms with Gasteiger partial charge in [-0.15, -0.1) is 0 Å². The standard InChI is InChI=1S/C14H21N3O4/c1-17-11(18)8-7-10(16-17)13(19)15-12(14(20)21)9-5-3-2-4-6-9/h9,12H,2-8H2,1H3,(H,15,19)(H,20,21). The Hall–Kier alpha value is -1.92. The molecule has 0 aromatic carbocycles. The fraction of sp³-hybridized carbons (Fsp3) is 0.714. The van der Waals surface area contributed by atoms with E-state index in [9.17, 15) is 19.5 Å². The highest BCUT2D eigenvalue weighted by molar-refractivity contribution is 6.39. The summed E-state index contributed by atoms with van der Waals surface area (Å²) < 4.78 is 0. The van der Waals surface area contributed by atoms with Crippen LogP contribution in [0.25, 0.3) is 0 Å². The smallest absolute Gasteiger partial charge is 0.326 e. The number of nitrogens with one attached hydrogen (secondary N) is 1. The fourth-order valence-corrected chi connectivity index (χ4v) is 2.91. The predicted octanol–water partition coefficient (Wildman–Crippen LogP) is 0.744. The van der Waals surface area contributed by atoms with Gasteiger partial charge in [-0.1, -0.05) is 19.3 Å². The summed E-state index contributed by atoms with van der Waals surface area (Å²) in [6.07, 6.45) is 5.25. The number of aliphatic carboxylic acids is 1. The van der Waals surface area contributed by atoms with E-state index in [1.165, 1.54) is 7.05 Å². The molecule has 0 saturated heterocycles. The SMILES string of the molecule is CN1N=C(C(=O)NC(C(=O)O)C2CCCCC2)CCC1=O. The lowest BCUT2D eigenvalue weighted by Crippen LogP contribution is -2.49. The number of hydrogen-bond donors (Lipinski definition) is 2. The van der Waals surface area contributed by atoms with Gasteiger partial charge in [0, 0.05) is 19.9 Å². The van der Waals surface area contributed by atoms with Gasteiger partial charge in [0.1, 0.15) is 11.8 Å². The first-order valence-corrected chi connectivity index (χ1v) is 7.36. The molecule has 0 aromatic rings. The van der Waals surface area contributed by atoms with E-state index in [4.69, 9.17) is 0 Å². The number of carboxylic acids is 1. The molecule has 2 amide bonds. The summed E-state index contributed by atoms with van der Waals surface area (Å²) >= 11 is 0. The van der Waals surface area contributed by atoms with E-state index < -0.39 is 17.9 Å². The van der Waals surface area contributed by atoms with E-state index in [1.54, 1.807) is 0 Å². The van der Waals surface area contributed by atoms with Crippen molar-refractivity contribution in [3.05, 3.63) is 0 Å². The van der Waals surface area contributed by atoms with Gasteiger partial charge in [0.25, 0.3) is 5.91 Å². The van der Waals surface area contributed by atoms with Crippen LogP contribution in [0.2, 0.25) is 0 Å². The molecule has 7 heteroatoms. The molecule has 2 aliphatic rings. The van der Waals surface area contributed by atoms with Gasteiger partial charge in [-0.2, -0.15) is 5.10 Å². The number of rotatable bonds is 4. The summed E-state index contributed by atoms with van der Waals surface area (Å²) in [6, 6.07) is -0.872. The summed E-state index contributed by atoms with van der Waals surface area (Å²) in [7, 11) is 1.49. The summed E-state index contributed by atoms with van der Waals surface area (Å²) in [5.41, 5.74) is 0.221. The van der Waals surface area contributed by atoms with Crippen molar-refractivity contribution in [3.63, 3.8) is 0 Å². The Morgan fingerprint density at radius 3 is 2.52 bits per heavy atom. The lowest BCUT2D eigenvalue weighted by molar-refractivity contribution is -0.143. The second-order valence-electron chi connectivity index (χ2n) is 5.65. The fourth-order valence-electron chi connectivity index (χ4n) is 2.91. The second kappa shape index (κ2) is 6.69. The predicted molar refractivity (Wildman–Crippen MR) is 75.6 cm³/mol. The minimum absolute atomic E-state index is 0.0243. The molecule has 0 aromatic heterocycles. The van der Waals surface area contributed by atoms with Crippen molar-refractivity contribution in [1.29, 1.82) is 0 Å². The molecule has 2 N–H and O–H groups in total. The van der Waals surface area contributed by atoms with Crippen LogP contribution in [0.4, 0.5) is 0 Å². The Balaban J connectivity index is 2.03. The first-order valence-electron chi connectivity index (χ1n) is 7.36. The minimum atomic E-state index is -1.00. The summed E-state index contributed by atoms with van der Waals surface area (Å²) in [5, 5.41) is 17.0. The Morgan fingerprint density at radius 1 is 1.29 bits per heavy atom. The number of carbonyl (C=O) groups is 3. The molecule has 1 aliphatic carbocycles. The topological polar surface area (TPSA) is 99.1 Å². The van der Waals surface area contributed by atoms with Gasteiger partial charge < -0.3 is 10.4 Å². The molecule has 116 valence electrons. The van der Waals surface area contributed by atoms with E-state index in [0.717, 1.165) is 37.1 Å². The van der Waals surface area contributed by atoms with Crippen LogP contribution in [0.5, 0.6) is 0 Å². The molecule has 0 bridgehead atoms. The third-order valence-electron chi connectivity index (χ3n) is 4.14. The molecule has 0 spiro atoms. The number of carboxylic acid groups (broad SMARTS) is 1. The highest BCUT2D eigenvalue weighted by atomic mass is 16.4. The van der Waals surface area contributed by atoms with Crippen LogP contribution in [0.1, 0.15) is 44.9 Å². The molecule has 1 heterocycles. The van der Waals surface area contributed by atoms with Crippen molar-refractivity contribution in [1.82, 2.24) is 10.3 Å². The molecule has 1 atom stereocenters. The first-order chi connectivity index (χ1) is 9.99. The number of carbonyl (C=O) groups excluding carboxylic acids is 2. The van der Waals surface area contributed by atoms with Gasteiger partial charge in [0.05, 0.1) is 0 Å². The molecule has 7 nitrogen and oxygen atoms in total. The minimum Gasteiger partial charge on any atom is -0.480 e. The zero-order valence-corrected chi connectivity index (χ0v) is 12.2. The Morgan fingerprint density at radius 2 is 1.95 bits per heavy atom. The van der Waals surface area contributed by atoms with Gasteiger partial charge in [-0.3, -0.25) is 9.59 Å². The molecular formula is C14H21N3O4. The zero-order chi connectivity index (χ0) is 15.4. The Labute approximate surface area is 123 Å². The van der Waals surface area contributed by atoms with Crippen molar-refractivity contribution >= 4 is 23.5 Å². The molecule has 1 aliphatic heterocycles. The van der Waals surface area contributed by atoms with E-state index in [2.05, 4.69) is 10.4 Å². The highest BCUT2D eigenvalue weighted by Crippen LogP contribution is 2.26. The first kappa shape index (κ1) is 15.5. The van der Waals surface area contributed by atoms with Crippen molar-refractivity contribution in [2.45, 2.75) is 51.0 Å². The summed E-state index contributed by atoms with van der Waals surface area (Å²) in [5.74, 6) is -1.65. The molecular weight excluding hydrogens is 274 g/mol. The zero-order valence-electron chi connectivity index (χ0n) is 12.2. The van der Waals surface area contributed by atoms with Gasteiger partial charge in [0.15, 0.2) is 0 Å². The molecule has 21 heavy (non-hydrogen) atoms. The van der Waals surface area contributed by atoms with Gasteiger partial charge in [-0.25, -0.2) is 9.80 Å². The molecule has 1 saturated carbocycles. The second-order valence-corrected chi connectivity index (χ2v) is 5.65. The van der Waals surface area contributed by atoms with Crippen LogP contribution in [-0.2, 0) is 14.4 Å². The van der Waals surface area contributed by atoms with Crippen LogP contribution < -0.4 is 5.32 Å². The largest absolute Gasteiger partial charge is 0.480 e. The maximum atomic E-state index is 12.2. The van der Waals surface area contributed by atoms with Crippen molar-refractivity contribution in [2.75, 3.05) is 7.05 Å². The third kappa shape index (κ3) is 3.80. The number of nitrogens with zero attached hydrogens (tertiary/aromatic N) is 2. The van der Waals surface area contributed by atoms with Gasteiger partial charge in [-0.05, 0) is 18.8 Å². The monoisotopic (exact) mass is 295 g/mol. The van der Waals surface area contributed by atoms with Crippen molar-refractivity contribution in [3.8, 4) is 0 Å². The van der Waals surface area contributed by atoms with Gasteiger partial charge >= 0.3 is 5.97 Å². The number of hydrogen-bond acceptors (Lipinski definition) is 4. The number of hydrazone groups is 1. The average Bonchev–Trinajstić information content (AvgIpc) is 2.48. The van der Waals surface area contributed by atoms with E-state index in [1.807, 2.05) is 0 Å². The Bertz CT molecular complexity index is 469. The lowest BCUT2D eigenvalue weighted by atomic mass is 9.84.